The third-order valence-electron chi connectivity index (χ3n) is 4.85. The number of aryl methyl sites for hydroxylation is 1. The van der Waals surface area contributed by atoms with E-state index in [9.17, 15) is 9.59 Å². The monoisotopic (exact) mass is 386 g/mol. The molecule has 0 spiro atoms. The molecule has 1 fully saturated rings. The average Bonchev–Trinajstić information content (AvgIpc) is 3.32. The Kier molecular flexibility index (Phi) is 6.01. The summed E-state index contributed by atoms with van der Waals surface area (Å²) in [5, 5.41) is 3.98. The topological polar surface area (TPSA) is 105 Å². The first-order valence-electron chi connectivity index (χ1n) is 9.52. The first-order valence-corrected chi connectivity index (χ1v) is 9.52. The van der Waals surface area contributed by atoms with Crippen molar-refractivity contribution in [1.82, 2.24) is 29.9 Å². The van der Waals surface area contributed by atoms with Gasteiger partial charge in [0.15, 0.2) is 5.82 Å². The van der Waals surface area contributed by atoms with E-state index in [1.165, 1.54) is 6.20 Å². The fraction of sp³-hybridized carbons (Fsp3) is 0.579. The number of carbonyl (C=O) groups excluding carboxylic acids is 2. The second kappa shape index (κ2) is 8.45. The Balaban J connectivity index is 1.60. The zero-order valence-electron chi connectivity index (χ0n) is 16.8. The molecule has 1 aliphatic rings. The van der Waals surface area contributed by atoms with Crippen molar-refractivity contribution < 1.29 is 14.1 Å². The summed E-state index contributed by atoms with van der Waals surface area (Å²) in [7, 11) is 0. The fourth-order valence-electron chi connectivity index (χ4n) is 3.27. The van der Waals surface area contributed by atoms with E-state index in [0.717, 1.165) is 12.1 Å². The first-order chi connectivity index (χ1) is 13.3. The SMILES string of the molecule is CC(=O)N(CCc1noc(C(C)C)n1)C1CCN(C(=O)c2cnc(C)cn2)C1. The van der Waals surface area contributed by atoms with Crippen LogP contribution in [0.4, 0.5) is 0 Å². The van der Waals surface area contributed by atoms with Crippen LogP contribution in [0.5, 0.6) is 0 Å². The molecule has 1 aliphatic heterocycles. The molecule has 1 saturated heterocycles. The van der Waals surface area contributed by atoms with Gasteiger partial charge in [-0.25, -0.2) is 4.98 Å². The van der Waals surface area contributed by atoms with Gasteiger partial charge in [-0.1, -0.05) is 19.0 Å². The molecule has 150 valence electrons. The quantitative estimate of drug-likeness (QED) is 0.742. The molecule has 1 unspecified atom stereocenters. The highest BCUT2D eigenvalue weighted by molar-refractivity contribution is 5.92. The van der Waals surface area contributed by atoms with Gasteiger partial charge in [-0.05, 0) is 13.3 Å². The molecule has 2 aromatic heterocycles. The van der Waals surface area contributed by atoms with Crippen LogP contribution in [-0.4, -0.2) is 67.4 Å². The van der Waals surface area contributed by atoms with Crippen molar-refractivity contribution in [2.75, 3.05) is 19.6 Å². The maximum absolute atomic E-state index is 12.6. The van der Waals surface area contributed by atoms with Gasteiger partial charge in [-0.15, -0.1) is 0 Å². The second-order valence-electron chi connectivity index (χ2n) is 7.40. The number of amides is 2. The second-order valence-corrected chi connectivity index (χ2v) is 7.40. The molecule has 0 saturated carbocycles. The molecular weight excluding hydrogens is 360 g/mol. The predicted octanol–water partition coefficient (Wildman–Crippen LogP) is 1.60. The number of hydrogen-bond donors (Lipinski definition) is 0. The molecule has 2 aromatic rings. The van der Waals surface area contributed by atoms with Crippen molar-refractivity contribution in [2.24, 2.45) is 0 Å². The van der Waals surface area contributed by atoms with Crippen LogP contribution in [0.1, 0.15) is 61.0 Å². The molecule has 0 aromatic carbocycles. The van der Waals surface area contributed by atoms with Crippen LogP contribution in [0.15, 0.2) is 16.9 Å². The van der Waals surface area contributed by atoms with Crippen LogP contribution >= 0.6 is 0 Å². The number of hydrogen-bond acceptors (Lipinski definition) is 7. The number of carbonyl (C=O) groups is 2. The predicted molar refractivity (Wildman–Crippen MR) is 101 cm³/mol. The van der Waals surface area contributed by atoms with Crippen molar-refractivity contribution in [3.8, 4) is 0 Å². The lowest BCUT2D eigenvalue weighted by Gasteiger charge is -2.27. The molecule has 9 nitrogen and oxygen atoms in total. The molecule has 1 atom stereocenters. The Morgan fingerprint density at radius 2 is 2.11 bits per heavy atom. The van der Waals surface area contributed by atoms with Crippen molar-refractivity contribution in [3.63, 3.8) is 0 Å². The Morgan fingerprint density at radius 3 is 2.71 bits per heavy atom. The zero-order valence-corrected chi connectivity index (χ0v) is 16.8. The van der Waals surface area contributed by atoms with Crippen molar-refractivity contribution >= 4 is 11.8 Å². The molecule has 0 N–H and O–H groups in total. The van der Waals surface area contributed by atoms with Gasteiger partial charge in [0.05, 0.1) is 17.9 Å². The molecular formula is C19H26N6O3. The van der Waals surface area contributed by atoms with Gasteiger partial charge in [-0.2, -0.15) is 4.98 Å². The number of nitrogens with zero attached hydrogens (tertiary/aromatic N) is 6. The number of rotatable bonds is 6. The third-order valence-corrected chi connectivity index (χ3v) is 4.85. The Bertz CT molecular complexity index is 832. The van der Waals surface area contributed by atoms with Crippen LogP contribution in [0.2, 0.25) is 0 Å². The summed E-state index contributed by atoms with van der Waals surface area (Å²) < 4.78 is 5.22. The van der Waals surface area contributed by atoms with Gasteiger partial charge in [-0.3, -0.25) is 14.6 Å². The maximum Gasteiger partial charge on any atom is 0.274 e. The largest absolute Gasteiger partial charge is 0.339 e. The standard InChI is InChI=1S/C19H26N6O3/c1-12(2)18-22-17(23-28-18)6-8-25(14(4)26)15-5-7-24(11-15)19(27)16-10-20-13(3)9-21-16/h9-10,12,15H,5-8,11H2,1-4H3. The van der Waals surface area contributed by atoms with Crippen LogP contribution in [-0.2, 0) is 11.2 Å². The number of aromatic nitrogens is 4. The minimum atomic E-state index is -0.154. The van der Waals surface area contributed by atoms with Gasteiger partial charge in [0.1, 0.15) is 5.69 Å². The van der Waals surface area contributed by atoms with Crippen LogP contribution < -0.4 is 0 Å². The van der Waals surface area contributed by atoms with Crippen molar-refractivity contribution in [2.45, 2.75) is 52.5 Å². The highest BCUT2D eigenvalue weighted by atomic mass is 16.5. The van der Waals surface area contributed by atoms with E-state index in [0.29, 0.717) is 43.5 Å². The van der Waals surface area contributed by atoms with E-state index in [4.69, 9.17) is 4.52 Å². The summed E-state index contributed by atoms with van der Waals surface area (Å²) >= 11 is 0. The minimum Gasteiger partial charge on any atom is -0.339 e. The highest BCUT2D eigenvalue weighted by Gasteiger charge is 2.32. The van der Waals surface area contributed by atoms with Gasteiger partial charge < -0.3 is 14.3 Å². The van der Waals surface area contributed by atoms with E-state index < -0.39 is 0 Å². The molecule has 3 heterocycles. The third kappa shape index (κ3) is 4.52. The molecule has 0 radical (unpaired) electrons. The molecule has 9 heteroatoms. The maximum atomic E-state index is 12.6. The van der Waals surface area contributed by atoms with Gasteiger partial charge >= 0.3 is 0 Å². The molecule has 0 aliphatic carbocycles. The summed E-state index contributed by atoms with van der Waals surface area (Å²) in [6, 6.07) is -0.0312. The van der Waals surface area contributed by atoms with Gasteiger partial charge in [0.2, 0.25) is 11.8 Å². The molecule has 3 rings (SSSR count). The van der Waals surface area contributed by atoms with Gasteiger partial charge in [0, 0.05) is 45.1 Å². The van der Waals surface area contributed by atoms with Gasteiger partial charge in [0.25, 0.3) is 5.91 Å². The summed E-state index contributed by atoms with van der Waals surface area (Å²) in [5.41, 5.74) is 1.09. The Labute approximate surface area is 164 Å². The summed E-state index contributed by atoms with van der Waals surface area (Å²) in [6.07, 6.45) is 4.33. The average molecular weight is 386 g/mol. The number of likely N-dealkylation sites (tertiary alicyclic amines) is 1. The molecule has 0 bridgehead atoms. The molecule has 28 heavy (non-hydrogen) atoms. The first kappa shape index (κ1) is 19.9. The lowest BCUT2D eigenvalue weighted by molar-refractivity contribution is -0.130. The van der Waals surface area contributed by atoms with E-state index in [-0.39, 0.29) is 23.8 Å². The lowest BCUT2D eigenvalue weighted by atomic mass is 10.2. The summed E-state index contributed by atoms with van der Waals surface area (Å²) in [5.74, 6) is 1.18. The lowest BCUT2D eigenvalue weighted by Crippen LogP contribution is -2.42. The molecule has 2 amide bonds. The summed E-state index contributed by atoms with van der Waals surface area (Å²) in [4.78, 5) is 41.0. The van der Waals surface area contributed by atoms with E-state index in [1.54, 1.807) is 22.9 Å². The minimum absolute atomic E-state index is 0.0259. The van der Waals surface area contributed by atoms with Crippen LogP contribution in [0.3, 0.4) is 0 Å². The Morgan fingerprint density at radius 1 is 1.32 bits per heavy atom. The van der Waals surface area contributed by atoms with Crippen molar-refractivity contribution in [3.05, 3.63) is 35.5 Å². The smallest absolute Gasteiger partial charge is 0.274 e. The van der Waals surface area contributed by atoms with E-state index >= 15 is 0 Å². The Hall–Kier alpha value is -2.84. The fourth-order valence-corrected chi connectivity index (χ4v) is 3.27. The van der Waals surface area contributed by atoms with Crippen LogP contribution in [0, 0.1) is 6.92 Å². The zero-order chi connectivity index (χ0) is 20.3. The highest BCUT2D eigenvalue weighted by Crippen LogP contribution is 2.19. The van der Waals surface area contributed by atoms with Crippen molar-refractivity contribution in [1.29, 1.82) is 0 Å². The van der Waals surface area contributed by atoms with Crippen LogP contribution in [0.25, 0.3) is 0 Å². The summed E-state index contributed by atoms with van der Waals surface area (Å²) in [6.45, 7) is 8.91. The van der Waals surface area contributed by atoms with E-state index in [2.05, 4.69) is 20.1 Å². The normalized spacial score (nSPS) is 16.6. The van der Waals surface area contributed by atoms with E-state index in [1.807, 2.05) is 20.8 Å².